The highest BCUT2D eigenvalue weighted by molar-refractivity contribution is 5.71. The lowest BCUT2D eigenvalue weighted by Crippen LogP contribution is -2.42. The van der Waals surface area contributed by atoms with E-state index in [-0.39, 0.29) is 23.9 Å². The van der Waals surface area contributed by atoms with Crippen LogP contribution in [0, 0.1) is 0 Å². The topological polar surface area (TPSA) is 64.6 Å². The van der Waals surface area contributed by atoms with Crippen LogP contribution in [0.2, 0.25) is 0 Å². The van der Waals surface area contributed by atoms with E-state index >= 15 is 0 Å². The number of ether oxygens (including phenoxy) is 2. The van der Waals surface area contributed by atoms with Crippen LogP contribution in [0.1, 0.15) is 33.6 Å². The Morgan fingerprint density at radius 1 is 1.25 bits per heavy atom. The maximum absolute atomic E-state index is 11.1. The third-order valence-electron chi connectivity index (χ3n) is 2.05. The molecule has 5 heteroatoms. The first-order valence-corrected chi connectivity index (χ1v) is 5.38. The van der Waals surface area contributed by atoms with Crippen LogP contribution < -0.4 is 5.32 Å². The van der Waals surface area contributed by atoms with E-state index in [4.69, 9.17) is 4.74 Å². The standard InChI is InChI=1S/C11H21NO4/c1-5-16-9(13)6-7-12-11(2,3)8-10(14)15-4/h12H,5-8H2,1-4H3. The van der Waals surface area contributed by atoms with Crippen LogP contribution in [0.3, 0.4) is 0 Å². The third-order valence-corrected chi connectivity index (χ3v) is 2.05. The van der Waals surface area contributed by atoms with E-state index in [1.807, 2.05) is 13.8 Å². The summed E-state index contributed by atoms with van der Waals surface area (Å²) in [4.78, 5) is 22.1. The molecule has 0 aliphatic heterocycles. The van der Waals surface area contributed by atoms with E-state index in [2.05, 4.69) is 10.1 Å². The highest BCUT2D eigenvalue weighted by atomic mass is 16.5. The van der Waals surface area contributed by atoms with Crippen LogP contribution in [0.15, 0.2) is 0 Å². The van der Waals surface area contributed by atoms with Crippen molar-refractivity contribution in [1.82, 2.24) is 5.32 Å². The predicted octanol–water partition coefficient (Wildman–Crippen LogP) is 0.871. The van der Waals surface area contributed by atoms with Gasteiger partial charge in [-0.3, -0.25) is 9.59 Å². The minimum Gasteiger partial charge on any atom is -0.469 e. The second kappa shape index (κ2) is 7.22. The number of methoxy groups -OCH3 is 1. The summed E-state index contributed by atoms with van der Waals surface area (Å²) in [5, 5.41) is 3.11. The Morgan fingerprint density at radius 2 is 1.88 bits per heavy atom. The molecular formula is C11H21NO4. The van der Waals surface area contributed by atoms with Gasteiger partial charge in [-0.25, -0.2) is 0 Å². The molecule has 0 unspecified atom stereocenters. The van der Waals surface area contributed by atoms with Gasteiger partial charge in [-0.15, -0.1) is 0 Å². The molecule has 16 heavy (non-hydrogen) atoms. The van der Waals surface area contributed by atoms with Gasteiger partial charge in [0.15, 0.2) is 0 Å². The molecule has 0 aliphatic rings. The van der Waals surface area contributed by atoms with Gasteiger partial charge in [0.25, 0.3) is 0 Å². The van der Waals surface area contributed by atoms with E-state index in [1.165, 1.54) is 7.11 Å². The zero-order valence-electron chi connectivity index (χ0n) is 10.5. The number of nitrogens with one attached hydrogen (secondary N) is 1. The summed E-state index contributed by atoms with van der Waals surface area (Å²) in [5.74, 6) is -0.502. The molecule has 0 aromatic carbocycles. The van der Waals surface area contributed by atoms with Gasteiger partial charge in [0.2, 0.25) is 0 Å². The van der Waals surface area contributed by atoms with Crippen molar-refractivity contribution in [1.29, 1.82) is 0 Å². The molecule has 0 fully saturated rings. The molecule has 94 valence electrons. The molecule has 0 bridgehead atoms. The van der Waals surface area contributed by atoms with Gasteiger partial charge in [-0.2, -0.15) is 0 Å². The van der Waals surface area contributed by atoms with Crippen molar-refractivity contribution in [2.45, 2.75) is 39.2 Å². The van der Waals surface area contributed by atoms with Crippen molar-refractivity contribution in [2.24, 2.45) is 0 Å². The maximum Gasteiger partial charge on any atom is 0.307 e. The van der Waals surface area contributed by atoms with Crippen molar-refractivity contribution >= 4 is 11.9 Å². The molecule has 5 nitrogen and oxygen atoms in total. The van der Waals surface area contributed by atoms with Crippen molar-refractivity contribution in [3.63, 3.8) is 0 Å². The average Bonchev–Trinajstić information content (AvgIpc) is 2.16. The highest BCUT2D eigenvalue weighted by Crippen LogP contribution is 2.08. The summed E-state index contributed by atoms with van der Waals surface area (Å²) >= 11 is 0. The number of esters is 2. The smallest absolute Gasteiger partial charge is 0.307 e. The van der Waals surface area contributed by atoms with Gasteiger partial charge in [0.1, 0.15) is 0 Å². The SMILES string of the molecule is CCOC(=O)CCNC(C)(C)CC(=O)OC. The summed E-state index contributed by atoms with van der Waals surface area (Å²) in [6.07, 6.45) is 0.574. The molecule has 0 heterocycles. The molecule has 0 aromatic heterocycles. The van der Waals surface area contributed by atoms with Crippen LogP contribution in [-0.4, -0.2) is 37.7 Å². The Balaban J connectivity index is 3.81. The molecule has 0 aliphatic carbocycles. The fourth-order valence-corrected chi connectivity index (χ4v) is 1.23. The Morgan fingerprint density at radius 3 is 2.38 bits per heavy atom. The zero-order valence-corrected chi connectivity index (χ0v) is 10.5. The Labute approximate surface area is 96.5 Å². The highest BCUT2D eigenvalue weighted by Gasteiger charge is 2.21. The van der Waals surface area contributed by atoms with Crippen LogP contribution in [0.4, 0.5) is 0 Å². The Hall–Kier alpha value is -1.10. The normalized spacial score (nSPS) is 11.0. The molecule has 0 rings (SSSR count). The van der Waals surface area contributed by atoms with Crippen LogP contribution >= 0.6 is 0 Å². The first-order chi connectivity index (χ1) is 7.41. The summed E-state index contributed by atoms with van der Waals surface area (Å²) in [6, 6.07) is 0. The van der Waals surface area contributed by atoms with Gasteiger partial charge in [-0.05, 0) is 20.8 Å². The van der Waals surface area contributed by atoms with E-state index < -0.39 is 0 Å². The number of hydrogen-bond acceptors (Lipinski definition) is 5. The number of rotatable bonds is 7. The Kier molecular flexibility index (Phi) is 6.72. The number of carbonyl (C=O) groups excluding carboxylic acids is 2. The van der Waals surface area contributed by atoms with Crippen molar-refractivity contribution in [3.8, 4) is 0 Å². The number of carbonyl (C=O) groups is 2. The molecular weight excluding hydrogens is 210 g/mol. The Bertz CT molecular complexity index is 238. The molecule has 0 saturated carbocycles. The molecule has 0 amide bonds. The second-order valence-corrected chi connectivity index (χ2v) is 4.12. The van der Waals surface area contributed by atoms with Crippen molar-refractivity contribution < 1.29 is 19.1 Å². The monoisotopic (exact) mass is 231 g/mol. The summed E-state index contributed by atoms with van der Waals surface area (Å²) < 4.78 is 9.37. The quantitative estimate of drug-likeness (QED) is 0.659. The van der Waals surface area contributed by atoms with Crippen molar-refractivity contribution in [2.75, 3.05) is 20.3 Å². The fraction of sp³-hybridized carbons (Fsp3) is 0.818. The summed E-state index contributed by atoms with van der Waals surface area (Å²) in [5.41, 5.74) is -0.375. The van der Waals surface area contributed by atoms with Gasteiger partial charge < -0.3 is 14.8 Å². The lowest BCUT2D eigenvalue weighted by Gasteiger charge is -2.24. The largest absolute Gasteiger partial charge is 0.469 e. The molecule has 0 atom stereocenters. The lowest BCUT2D eigenvalue weighted by atomic mass is 10.0. The third kappa shape index (κ3) is 7.23. The first-order valence-electron chi connectivity index (χ1n) is 5.38. The lowest BCUT2D eigenvalue weighted by molar-refractivity contribution is -0.143. The fourth-order valence-electron chi connectivity index (χ4n) is 1.23. The molecule has 0 saturated heterocycles. The number of hydrogen-bond donors (Lipinski definition) is 1. The van der Waals surface area contributed by atoms with E-state index in [0.717, 1.165) is 0 Å². The van der Waals surface area contributed by atoms with Gasteiger partial charge in [-0.1, -0.05) is 0 Å². The van der Waals surface area contributed by atoms with Crippen LogP contribution in [0.25, 0.3) is 0 Å². The van der Waals surface area contributed by atoms with Gasteiger partial charge in [0, 0.05) is 12.1 Å². The summed E-state index contributed by atoms with van der Waals surface area (Å²) in [6.45, 7) is 6.42. The molecule has 0 aromatic rings. The first kappa shape index (κ1) is 14.9. The van der Waals surface area contributed by atoms with E-state index in [1.54, 1.807) is 6.92 Å². The second-order valence-electron chi connectivity index (χ2n) is 4.12. The van der Waals surface area contributed by atoms with Crippen LogP contribution in [0.5, 0.6) is 0 Å². The zero-order chi connectivity index (χ0) is 12.6. The molecule has 0 spiro atoms. The van der Waals surface area contributed by atoms with Gasteiger partial charge >= 0.3 is 11.9 Å². The van der Waals surface area contributed by atoms with Gasteiger partial charge in [0.05, 0.1) is 26.6 Å². The molecule has 1 N–H and O–H groups in total. The van der Waals surface area contributed by atoms with Crippen molar-refractivity contribution in [3.05, 3.63) is 0 Å². The van der Waals surface area contributed by atoms with Crippen LogP contribution in [-0.2, 0) is 19.1 Å². The van der Waals surface area contributed by atoms with E-state index in [9.17, 15) is 9.59 Å². The summed E-state index contributed by atoms with van der Waals surface area (Å²) in [7, 11) is 1.36. The molecule has 0 radical (unpaired) electrons. The average molecular weight is 231 g/mol. The minimum atomic E-state index is -0.375. The maximum atomic E-state index is 11.1. The predicted molar refractivity (Wildman–Crippen MR) is 60.0 cm³/mol. The van der Waals surface area contributed by atoms with E-state index in [0.29, 0.717) is 19.6 Å². The minimum absolute atomic E-state index is 0.233.